The highest BCUT2D eigenvalue weighted by Gasteiger charge is 2.36. The molecular formula is C39H54N6O5. The molecule has 0 bridgehead atoms. The molecule has 11 nitrogen and oxygen atoms in total. The Morgan fingerprint density at radius 1 is 1.00 bits per heavy atom. The number of aryl methyl sites for hydroxylation is 1. The molecule has 1 saturated heterocycles. The van der Waals surface area contributed by atoms with Crippen LogP contribution in [-0.2, 0) is 9.53 Å². The lowest BCUT2D eigenvalue weighted by molar-refractivity contribution is -0.124. The molecule has 4 heterocycles. The molecule has 2 aliphatic carbocycles. The number of methoxy groups -OCH3 is 1. The number of aliphatic hydroxyl groups is 1. The van der Waals surface area contributed by atoms with E-state index < -0.39 is 5.60 Å². The van der Waals surface area contributed by atoms with Crippen molar-refractivity contribution in [2.75, 3.05) is 31.6 Å². The van der Waals surface area contributed by atoms with Crippen LogP contribution < -0.4 is 9.64 Å². The fourth-order valence-corrected chi connectivity index (χ4v) is 7.81. The van der Waals surface area contributed by atoms with E-state index in [0.29, 0.717) is 81.7 Å². The van der Waals surface area contributed by atoms with E-state index in [4.69, 9.17) is 14.5 Å². The van der Waals surface area contributed by atoms with Gasteiger partial charge in [0.1, 0.15) is 11.9 Å². The van der Waals surface area contributed by atoms with Crippen molar-refractivity contribution in [3.63, 3.8) is 0 Å². The average Bonchev–Trinajstić information content (AvgIpc) is 3.62. The molecule has 0 spiro atoms. The molecule has 1 aliphatic heterocycles. The number of likely N-dealkylation sites (tertiary alicyclic amines) is 1. The van der Waals surface area contributed by atoms with Crippen molar-refractivity contribution in [1.29, 1.82) is 0 Å². The van der Waals surface area contributed by atoms with Crippen LogP contribution in [0.15, 0.2) is 43.0 Å². The number of nitrogens with zero attached hydrogens (tertiary/aromatic N) is 6. The Hall–Kier alpha value is -3.99. The summed E-state index contributed by atoms with van der Waals surface area (Å²) in [4.78, 5) is 40.2. The van der Waals surface area contributed by atoms with Gasteiger partial charge in [-0.15, -0.1) is 0 Å². The number of pyridine rings is 2. The zero-order valence-electron chi connectivity index (χ0n) is 30.4. The lowest BCUT2D eigenvalue weighted by atomic mass is 9.78. The van der Waals surface area contributed by atoms with E-state index in [-0.39, 0.29) is 30.1 Å². The van der Waals surface area contributed by atoms with E-state index in [9.17, 15) is 14.7 Å². The number of hydrogen-bond acceptors (Lipinski definition) is 8. The summed E-state index contributed by atoms with van der Waals surface area (Å²) in [5.41, 5.74) is 3.58. The topological polar surface area (TPSA) is 123 Å². The molecule has 0 radical (unpaired) electrons. The van der Waals surface area contributed by atoms with Crippen molar-refractivity contribution < 1.29 is 24.2 Å². The van der Waals surface area contributed by atoms with Gasteiger partial charge >= 0.3 is 6.09 Å². The minimum atomic E-state index is -0.724. The molecule has 0 atom stereocenters. The predicted molar refractivity (Wildman–Crippen MR) is 192 cm³/mol. The molecule has 6 rings (SSSR count). The van der Waals surface area contributed by atoms with Crippen LogP contribution in [0.3, 0.4) is 0 Å². The Kier molecular flexibility index (Phi) is 11.1. The van der Waals surface area contributed by atoms with Crippen molar-refractivity contribution in [1.82, 2.24) is 24.6 Å². The van der Waals surface area contributed by atoms with Gasteiger partial charge in [0.2, 0.25) is 11.8 Å². The summed E-state index contributed by atoms with van der Waals surface area (Å²) in [6.45, 7) is 9.68. The summed E-state index contributed by atoms with van der Waals surface area (Å²) in [6, 6.07) is 6.46. The van der Waals surface area contributed by atoms with Crippen molar-refractivity contribution >= 4 is 17.8 Å². The van der Waals surface area contributed by atoms with Gasteiger partial charge in [-0.25, -0.2) is 14.8 Å². The van der Waals surface area contributed by atoms with Gasteiger partial charge in [0.25, 0.3) is 0 Å². The van der Waals surface area contributed by atoms with Crippen LogP contribution in [-0.4, -0.2) is 80.2 Å². The maximum atomic E-state index is 14.4. The highest BCUT2D eigenvalue weighted by Crippen LogP contribution is 2.38. The van der Waals surface area contributed by atoms with E-state index in [1.54, 1.807) is 18.2 Å². The first-order valence-corrected chi connectivity index (χ1v) is 18.5. The Bertz CT molecular complexity index is 1610. The van der Waals surface area contributed by atoms with Gasteiger partial charge in [0, 0.05) is 61.3 Å². The van der Waals surface area contributed by atoms with Crippen molar-refractivity contribution in [2.24, 2.45) is 11.8 Å². The number of piperidine rings is 1. The molecule has 3 aliphatic rings. The van der Waals surface area contributed by atoms with Gasteiger partial charge in [-0.3, -0.25) is 14.4 Å². The van der Waals surface area contributed by atoms with Crippen LogP contribution in [0.5, 0.6) is 5.88 Å². The fourth-order valence-electron chi connectivity index (χ4n) is 7.81. The summed E-state index contributed by atoms with van der Waals surface area (Å²) in [5, 5.41) is 14.8. The zero-order valence-corrected chi connectivity index (χ0v) is 30.4. The minimum Gasteiger partial charge on any atom is -0.481 e. The van der Waals surface area contributed by atoms with Crippen molar-refractivity contribution in [3.8, 4) is 17.0 Å². The first-order valence-electron chi connectivity index (χ1n) is 18.5. The number of amides is 2. The molecule has 3 aromatic rings. The summed E-state index contributed by atoms with van der Waals surface area (Å²) < 4.78 is 13.2. The summed E-state index contributed by atoms with van der Waals surface area (Å²) in [6.07, 6.45) is 15.0. The molecule has 2 saturated carbocycles. The van der Waals surface area contributed by atoms with Crippen LogP contribution in [0.25, 0.3) is 11.1 Å². The molecular weight excluding hydrogens is 632 g/mol. The normalized spacial score (nSPS) is 23.8. The maximum absolute atomic E-state index is 14.4. The number of aromatic nitrogens is 4. The Morgan fingerprint density at radius 2 is 1.72 bits per heavy atom. The first kappa shape index (κ1) is 35.8. The van der Waals surface area contributed by atoms with Gasteiger partial charge in [0.15, 0.2) is 0 Å². The number of carbonyl (C=O) groups is 2. The molecule has 11 heteroatoms. The third-order valence-electron chi connectivity index (χ3n) is 11.1. The van der Waals surface area contributed by atoms with Crippen LogP contribution in [0.2, 0.25) is 0 Å². The predicted octanol–water partition coefficient (Wildman–Crippen LogP) is 7.09. The second-order valence-corrected chi connectivity index (χ2v) is 15.3. The Labute approximate surface area is 296 Å². The number of hydrogen-bond donors (Lipinski definition) is 1. The lowest BCUT2D eigenvalue weighted by Crippen LogP contribution is -2.46. The second kappa shape index (κ2) is 15.5. The SMILES string of the molecule is COc1ncc(C2CCC(CN(C(=O)C3CCC(OC(=O)N4CCC(C)(O)CC4)CC3)c3cc(-c4cnn(C(C)C)c4)ccn3)CC2)cc1C. The van der Waals surface area contributed by atoms with Crippen LogP contribution >= 0.6 is 0 Å². The summed E-state index contributed by atoms with van der Waals surface area (Å²) in [5.74, 6) is 2.10. The zero-order chi connectivity index (χ0) is 35.4. The van der Waals surface area contributed by atoms with Gasteiger partial charge < -0.3 is 19.5 Å². The van der Waals surface area contributed by atoms with Crippen LogP contribution in [0.4, 0.5) is 10.6 Å². The number of rotatable bonds is 9. The second-order valence-electron chi connectivity index (χ2n) is 15.3. The highest BCUT2D eigenvalue weighted by atomic mass is 16.6. The molecule has 0 unspecified atom stereocenters. The fraction of sp³-hybridized carbons (Fsp3) is 0.615. The molecule has 2 amide bonds. The monoisotopic (exact) mass is 686 g/mol. The van der Waals surface area contributed by atoms with Gasteiger partial charge in [-0.2, -0.15) is 5.10 Å². The van der Waals surface area contributed by atoms with Crippen LogP contribution in [0, 0.1) is 18.8 Å². The maximum Gasteiger partial charge on any atom is 0.410 e. The van der Waals surface area contributed by atoms with E-state index in [1.807, 2.05) is 54.2 Å². The molecule has 3 aromatic heterocycles. The lowest BCUT2D eigenvalue weighted by Gasteiger charge is -2.37. The van der Waals surface area contributed by atoms with Gasteiger partial charge in [0.05, 0.1) is 18.9 Å². The number of anilines is 1. The minimum absolute atomic E-state index is 0.104. The highest BCUT2D eigenvalue weighted by molar-refractivity contribution is 5.94. The standard InChI is InChI=1S/C39H54N6O5/c1-26(2)45-25-33(23-42-45)31-14-17-40-35(21-31)44(24-28-6-8-29(9-7-28)32-20-27(3)36(49-5)41-22-32)37(46)30-10-12-34(13-11-30)50-38(47)43-18-15-39(4,48)16-19-43/h14,17,20-23,25-26,28-30,34,48H,6-13,15-16,18-19,24H2,1-5H3. The molecule has 1 N–H and O–H groups in total. The van der Waals surface area contributed by atoms with Crippen molar-refractivity contribution in [3.05, 3.63) is 54.1 Å². The molecule has 3 fully saturated rings. The molecule has 270 valence electrons. The van der Waals surface area contributed by atoms with E-state index in [2.05, 4.69) is 30.0 Å². The molecule has 50 heavy (non-hydrogen) atoms. The van der Waals surface area contributed by atoms with Crippen LogP contribution in [0.1, 0.15) is 108 Å². The Balaban J connectivity index is 1.13. The van der Waals surface area contributed by atoms with Crippen molar-refractivity contribution in [2.45, 2.75) is 116 Å². The average molecular weight is 687 g/mol. The summed E-state index contributed by atoms with van der Waals surface area (Å²) in [7, 11) is 1.65. The Morgan fingerprint density at radius 3 is 2.36 bits per heavy atom. The summed E-state index contributed by atoms with van der Waals surface area (Å²) >= 11 is 0. The smallest absolute Gasteiger partial charge is 0.410 e. The van der Waals surface area contributed by atoms with Gasteiger partial charge in [-0.1, -0.05) is 0 Å². The number of carbonyl (C=O) groups excluding carboxylic acids is 2. The van der Waals surface area contributed by atoms with E-state index >= 15 is 0 Å². The van der Waals surface area contributed by atoms with E-state index in [1.165, 1.54) is 5.56 Å². The quantitative estimate of drug-likeness (QED) is 0.253. The third kappa shape index (κ3) is 8.48. The van der Waals surface area contributed by atoms with Gasteiger partial charge in [-0.05, 0) is 133 Å². The van der Waals surface area contributed by atoms with E-state index in [0.717, 1.165) is 42.4 Å². The molecule has 0 aromatic carbocycles. The third-order valence-corrected chi connectivity index (χ3v) is 11.1. The first-order chi connectivity index (χ1) is 24.0. The largest absolute Gasteiger partial charge is 0.481 e. The number of ether oxygens (including phenoxy) is 2.